The van der Waals surface area contributed by atoms with Crippen molar-refractivity contribution >= 4 is 53.0 Å². The third kappa shape index (κ3) is 5.75. The zero-order valence-corrected chi connectivity index (χ0v) is 22.2. The Labute approximate surface area is 218 Å². The number of terminal acetylenes is 1. The first-order valence-electron chi connectivity index (χ1n) is 10.6. The van der Waals surface area contributed by atoms with Gasteiger partial charge in [-0.2, -0.15) is 4.99 Å². The Hall–Kier alpha value is -3.92. The van der Waals surface area contributed by atoms with Crippen LogP contribution in [0.2, 0.25) is 0 Å². The highest BCUT2D eigenvalue weighted by atomic mass is 32.2. The Morgan fingerprint density at radius 3 is 2.41 bits per heavy atom. The van der Waals surface area contributed by atoms with Crippen LogP contribution >= 0.6 is 11.3 Å². The van der Waals surface area contributed by atoms with E-state index in [1.54, 1.807) is 10.6 Å². The van der Waals surface area contributed by atoms with Crippen LogP contribution in [-0.2, 0) is 26.4 Å². The smallest absolute Gasteiger partial charge is 0.279 e. The van der Waals surface area contributed by atoms with Crippen LogP contribution in [0.25, 0.3) is 10.2 Å². The molecule has 1 N–H and O–H groups in total. The molecular weight excluding hydrogens is 534 g/mol. The summed E-state index contributed by atoms with van der Waals surface area (Å²) in [6, 6.07) is 16.4. The number of hydrogen-bond acceptors (Lipinski definition) is 7. The number of benzene rings is 3. The minimum atomic E-state index is -3.91. The van der Waals surface area contributed by atoms with E-state index in [-0.39, 0.29) is 32.4 Å². The minimum absolute atomic E-state index is 0.0313. The minimum Gasteiger partial charge on any atom is -0.497 e. The SMILES string of the molecule is C#CCn1c(=NC(=O)c2cccc(NS(=O)(=O)c3ccc(OC)cc3)c2)sc2cc(S(C)(=O)=O)ccc21. The number of amides is 1. The quantitative estimate of drug-likeness (QED) is 0.349. The Balaban J connectivity index is 1.68. The van der Waals surface area contributed by atoms with Crippen LogP contribution in [-0.4, -0.2) is 40.7 Å². The number of hydrogen-bond donors (Lipinski definition) is 1. The Morgan fingerprint density at radius 2 is 1.76 bits per heavy atom. The van der Waals surface area contributed by atoms with Gasteiger partial charge in [-0.05, 0) is 60.7 Å². The lowest BCUT2D eigenvalue weighted by Crippen LogP contribution is -2.17. The summed E-state index contributed by atoms with van der Waals surface area (Å²) in [4.78, 5) is 17.7. The summed E-state index contributed by atoms with van der Waals surface area (Å²) in [6.07, 6.45) is 6.62. The number of ether oxygens (including phenoxy) is 1. The van der Waals surface area contributed by atoms with E-state index in [2.05, 4.69) is 15.6 Å². The number of aromatic nitrogens is 1. The highest BCUT2D eigenvalue weighted by Crippen LogP contribution is 2.23. The summed E-state index contributed by atoms with van der Waals surface area (Å²) >= 11 is 1.13. The molecule has 0 aliphatic carbocycles. The average molecular weight is 556 g/mol. The van der Waals surface area contributed by atoms with E-state index in [9.17, 15) is 21.6 Å². The number of carbonyl (C=O) groups is 1. The van der Waals surface area contributed by atoms with E-state index in [1.807, 2.05) is 0 Å². The highest BCUT2D eigenvalue weighted by molar-refractivity contribution is 7.92. The van der Waals surface area contributed by atoms with E-state index in [0.717, 1.165) is 17.6 Å². The second-order valence-electron chi connectivity index (χ2n) is 7.86. The fourth-order valence-electron chi connectivity index (χ4n) is 3.45. The predicted octanol–water partition coefficient (Wildman–Crippen LogP) is 3.29. The fraction of sp³-hybridized carbons (Fsp3) is 0.120. The second-order valence-corrected chi connectivity index (χ2v) is 12.6. The standard InChI is InChI=1S/C25H21N3O6S3/c1-4-14-28-22-13-12-21(36(3,30)31)16-23(22)35-25(28)26-24(29)17-6-5-7-18(15-17)27-37(32,33)20-10-8-19(34-2)9-11-20/h1,5-13,15-16,27H,14H2,2-3H3. The molecule has 4 rings (SSSR count). The number of thiazole rings is 1. The molecule has 0 atom stereocenters. The van der Waals surface area contributed by atoms with E-state index in [0.29, 0.717) is 16.0 Å². The number of methoxy groups -OCH3 is 1. The van der Waals surface area contributed by atoms with Crippen LogP contribution < -0.4 is 14.3 Å². The van der Waals surface area contributed by atoms with Crippen molar-refractivity contribution in [2.45, 2.75) is 16.3 Å². The van der Waals surface area contributed by atoms with Crippen LogP contribution in [0.4, 0.5) is 5.69 Å². The molecule has 0 saturated carbocycles. The van der Waals surface area contributed by atoms with E-state index >= 15 is 0 Å². The number of sulfone groups is 1. The van der Waals surface area contributed by atoms with Gasteiger partial charge in [0.15, 0.2) is 14.6 Å². The molecule has 3 aromatic carbocycles. The first-order chi connectivity index (χ1) is 17.5. The van der Waals surface area contributed by atoms with Crippen LogP contribution in [0.1, 0.15) is 10.4 Å². The maximum Gasteiger partial charge on any atom is 0.279 e. The average Bonchev–Trinajstić information content (AvgIpc) is 3.19. The molecule has 1 amide bonds. The van der Waals surface area contributed by atoms with Gasteiger partial charge in [0.05, 0.1) is 33.7 Å². The lowest BCUT2D eigenvalue weighted by atomic mass is 10.2. The normalized spacial score (nSPS) is 12.3. The van der Waals surface area contributed by atoms with Gasteiger partial charge in [0.1, 0.15) is 5.75 Å². The molecule has 12 heteroatoms. The maximum absolute atomic E-state index is 13.0. The van der Waals surface area contributed by atoms with Gasteiger partial charge in [-0.15, -0.1) is 6.42 Å². The first kappa shape index (κ1) is 26.2. The van der Waals surface area contributed by atoms with Crippen molar-refractivity contribution in [3.63, 3.8) is 0 Å². The lowest BCUT2D eigenvalue weighted by molar-refractivity contribution is 0.0998. The molecule has 0 saturated heterocycles. The van der Waals surface area contributed by atoms with Gasteiger partial charge >= 0.3 is 0 Å². The lowest BCUT2D eigenvalue weighted by Gasteiger charge is -2.09. The van der Waals surface area contributed by atoms with Gasteiger partial charge < -0.3 is 9.30 Å². The molecule has 0 spiro atoms. The molecular formula is C25H21N3O6S3. The first-order valence-corrected chi connectivity index (χ1v) is 14.8. The molecule has 1 aromatic heterocycles. The van der Waals surface area contributed by atoms with Crippen molar-refractivity contribution in [1.82, 2.24) is 4.57 Å². The molecule has 1 heterocycles. The summed E-state index contributed by atoms with van der Waals surface area (Å²) in [6.45, 7) is 0.117. The zero-order valence-electron chi connectivity index (χ0n) is 19.7. The van der Waals surface area contributed by atoms with Crippen LogP contribution in [0, 0.1) is 12.3 Å². The molecule has 4 aromatic rings. The van der Waals surface area contributed by atoms with E-state index in [4.69, 9.17) is 11.2 Å². The van der Waals surface area contributed by atoms with Gasteiger partial charge in [0.2, 0.25) is 0 Å². The van der Waals surface area contributed by atoms with Crippen LogP contribution in [0.5, 0.6) is 5.75 Å². The van der Waals surface area contributed by atoms with E-state index < -0.39 is 25.8 Å². The van der Waals surface area contributed by atoms with Crippen LogP contribution in [0.15, 0.2) is 81.5 Å². The monoisotopic (exact) mass is 555 g/mol. The number of carbonyl (C=O) groups excluding carboxylic acids is 1. The second kappa shape index (κ2) is 10.2. The number of nitrogens with one attached hydrogen (secondary N) is 1. The van der Waals surface area contributed by atoms with Gasteiger partial charge in [-0.3, -0.25) is 9.52 Å². The maximum atomic E-state index is 13.0. The number of sulfonamides is 1. The summed E-state index contributed by atoms with van der Waals surface area (Å²) in [5, 5.41) is 0. The molecule has 0 aliphatic rings. The third-order valence-electron chi connectivity index (χ3n) is 5.26. The molecule has 0 fully saturated rings. The van der Waals surface area contributed by atoms with Gasteiger partial charge in [-0.25, -0.2) is 16.8 Å². The van der Waals surface area contributed by atoms with Gasteiger partial charge in [-0.1, -0.05) is 23.3 Å². The highest BCUT2D eigenvalue weighted by Gasteiger charge is 2.16. The summed E-state index contributed by atoms with van der Waals surface area (Å²) in [5.74, 6) is 2.41. The number of anilines is 1. The summed E-state index contributed by atoms with van der Waals surface area (Å²) in [5.41, 5.74) is 0.974. The van der Waals surface area contributed by atoms with Crippen molar-refractivity contribution in [3.05, 3.63) is 77.1 Å². The van der Waals surface area contributed by atoms with Gasteiger partial charge in [0, 0.05) is 17.5 Å². The van der Waals surface area contributed by atoms with Crippen molar-refractivity contribution in [1.29, 1.82) is 0 Å². The molecule has 0 unspecified atom stereocenters. The Morgan fingerprint density at radius 1 is 1.05 bits per heavy atom. The van der Waals surface area contributed by atoms with Crippen molar-refractivity contribution in [2.24, 2.45) is 4.99 Å². The van der Waals surface area contributed by atoms with Gasteiger partial charge in [0.25, 0.3) is 15.9 Å². The molecule has 37 heavy (non-hydrogen) atoms. The number of fused-ring (bicyclic) bond motifs is 1. The van der Waals surface area contributed by atoms with Crippen molar-refractivity contribution in [3.8, 4) is 18.1 Å². The predicted molar refractivity (Wildman–Crippen MR) is 142 cm³/mol. The van der Waals surface area contributed by atoms with Crippen molar-refractivity contribution < 1.29 is 26.4 Å². The molecule has 9 nitrogen and oxygen atoms in total. The zero-order chi connectivity index (χ0) is 26.8. The topological polar surface area (TPSA) is 124 Å². The molecule has 0 radical (unpaired) electrons. The van der Waals surface area contributed by atoms with Crippen molar-refractivity contribution in [2.75, 3.05) is 18.1 Å². The molecule has 190 valence electrons. The largest absolute Gasteiger partial charge is 0.497 e. The Bertz CT molecular complexity index is 1830. The number of nitrogens with zero attached hydrogens (tertiary/aromatic N) is 2. The summed E-state index contributed by atoms with van der Waals surface area (Å²) in [7, 11) is -5.85. The fourth-order valence-corrected chi connectivity index (χ4v) is 6.29. The third-order valence-corrected chi connectivity index (χ3v) is 8.81. The molecule has 0 bridgehead atoms. The summed E-state index contributed by atoms with van der Waals surface area (Å²) < 4.78 is 59.2. The van der Waals surface area contributed by atoms with Crippen LogP contribution in [0.3, 0.4) is 0 Å². The number of rotatable bonds is 7. The Kier molecular flexibility index (Phi) is 7.22. The van der Waals surface area contributed by atoms with E-state index in [1.165, 1.54) is 67.8 Å². The molecule has 0 aliphatic heterocycles.